The molecule has 1 heterocycles. The van der Waals surface area contributed by atoms with Gasteiger partial charge in [-0.05, 0) is 40.9 Å². The molecule has 0 radical (unpaired) electrons. The third kappa shape index (κ3) is 2.25. The molecule has 1 aromatic heterocycles. The zero-order valence-corrected chi connectivity index (χ0v) is 11.7. The molecule has 1 unspecified atom stereocenters. The van der Waals surface area contributed by atoms with E-state index in [0.717, 1.165) is 11.3 Å². The molecule has 2 N–H and O–H groups in total. The molecule has 0 aliphatic heterocycles. The van der Waals surface area contributed by atoms with Crippen molar-refractivity contribution in [3.63, 3.8) is 0 Å². The largest absolute Gasteiger partial charge is 0.319 e. The normalized spacial score (nSPS) is 12.8. The van der Waals surface area contributed by atoms with E-state index in [2.05, 4.69) is 58.3 Å². The van der Waals surface area contributed by atoms with Gasteiger partial charge in [-0.1, -0.05) is 29.0 Å². The molecule has 1 aromatic carbocycles. The SMILES string of the molecule is Cc1ccc(C(N)c2c(Br)nnn2C)c(C)c1. The van der Waals surface area contributed by atoms with Gasteiger partial charge in [0.1, 0.15) is 0 Å². The molecule has 0 saturated carbocycles. The fraction of sp³-hybridized carbons (Fsp3) is 0.333. The molecular formula is C12H15BrN4. The average molecular weight is 295 g/mol. The van der Waals surface area contributed by atoms with Crippen LogP contribution in [0.2, 0.25) is 0 Å². The minimum absolute atomic E-state index is 0.218. The van der Waals surface area contributed by atoms with Crippen LogP contribution in [-0.2, 0) is 7.05 Å². The summed E-state index contributed by atoms with van der Waals surface area (Å²) in [5, 5.41) is 7.91. The predicted molar refractivity (Wildman–Crippen MR) is 70.6 cm³/mol. The van der Waals surface area contributed by atoms with E-state index in [4.69, 9.17) is 5.73 Å². The number of aryl methyl sites for hydroxylation is 3. The molecule has 17 heavy (non-hydrogen) atoms. The highest BCUT2D eigenvalue weighted by molar-refractivity contribution is 9.10. The fourth-order valence-electron chi connectivity index (χ4n) is 1.99. The quantitative estimate of drug-likeness (QED) is 0.924. The van der Waals surface area contributed by atoms with Crippen molar-refractivity contribution in [2.75, 3.05) is 0 Å². The molecule has 0 spiro atoms. The van der Waals surface area contributed by atoms with Crippen LogP contribution in [0, 0.1) is 13.8 Å². The van der Waals surface area contributed by atoms with Gasteiger partial charge < -0.3 is 5.73 Å². The second kappa shape index (κ2) is 4.58. The molecule has 0 bridgehead atoms. The van der Waals surface area contributed by atoms with Crippen LogP contribution in [0.4, 0.5) is 0 Å². The highest BCUT2D eigenvalue weighted by Crippen LogP contribution is 2.26. The summed E-state index contributed by atoms with van der Waals surface area (Å²) in [4.78, 5) is 0. The van der Waals surface area contributed by atoms with Gasteiger partial charge in [-0.2, -0.15) is 0 Å². The van der Waals surface area contributed by atoms with Crippen LogP contribution in [0.1, 0.15) is 28.4 Å². The lowest BCUT2D eigenvalue weighted by atomic mass is 9.98. The Hall–Kier alpha value is -1.20. The predicted octanol–water partition coefficient (Wildman–Crippen LogP) is 2.24. The van der Waals surface area contributed by atoms with Gasteiger partial charge in [0.05, 0.1) is 11.7 Å². The molecule has 2 aromatic rings. The van der Waals surface area contributed by atoms with Crippen LogP contribution >= 0.6 is 15.9 Å². The number of hydrogen-bond acceptors (Lipinski definition) is 3. The summed E-state index contributed by atoms with van der Waals surface area (Å²) in [5.41, 5.74) is 10.7. The summed E-state index contributed by atoms with van der Waals surface area (Å²) >= 11 is 3.38. The molecule has 1 atom stereocenters. The van der Waals surface area contributed by atoms with Crippen molar-refractivity contribution >= 4 is 15.9 Å². The van der Waals surface area contributed by atoms with E-state index in [-0.39, 0.29) is 6.04 Å². The average Bonchev–Trinajstić information content (AvgIpc) is 2.58. The van der Waals surface area contributed by atoms with Gasteiger partial charge in [0.2, 0.25) is 0 Å². The van der Waals surface area contributed by atoms with Crippen LogP contribution in [0.5, 0.6) is 0 Å². The van der Waals surface area contributed by atoms with Crippen molar-refractivity contribution < 1.29 is 0 Å². The maximum atomic E-state index is 6.28. The fourth-order valence-corrected chi connectivity index (χ4v) is 2.56. The van der Waals surface area contributed by atoms with Gasteiger partial charge in [-0.15, -0.1) is 5.10 Å². The lowest BCUT2D eigenvalue weighted by Gasteiger charge is -2.15. The Morgan fingerprint density at radius 3 is 2.59 bits per heavy atom. The number of rotatable bonds is 2. The number of nitrogens with two attached hydrogens (primary N) is 1. The Kier molecular flexibility index (Phi) is 3.31. The second-order valence-electron chi connectivity index (χ2n) is 4.23. The first-order valence-corrected chi connectivity index (χ1v) is 6.18. The monoisotopic (exact) mass is 294 g/mol. The Bertz CT molecular complexity index is 528. The Morgan fingerprint density at radius 1 is 1.35 bits per heavy atom. The van der Waals surface area contributed by atoms with E-state index in [1.807, 2.05) is 7.05 Å². The third-order valence-corrected chi connectivity index (χ3v) is 3.45. The van der Waals surface area contributed by atoms with Crippen molar-refractivity contribution in [3.05, 3.63) is 45.2 Å². The lowest BCUT2D eigenvalue weighted by Crippen LogP contribution is -2.17. The van der Waals surface area contributed by atoms with Crippen molar-refractivity contribution in [1.82, 2.24) is 15.0 Å². The van der Waals surface area contributed by atoms with Gasteiger partial charge in [0.25, 0.3) is 0 Å². The summed E-state index contributed by atoms with van der Waals surface area (Å²) in [5.74, 6) is 0. The molecule has 0 aliphatic carbocycles. The molecular weight excluding hydrogens is 280 g/mol. The van der Waals surface area contributed by atoms with E-state index in [1.54, 1.807) is 4.68 Å². The first-order chi connectivity index (χ1) is 8.00. The number of hydrogen-bond donors (Lipinski definition) is 1. The first kappa shape index (κ1) is 12.3. The maximum absolute atomic E-state index is 6.28. The zero-order chi connectivity index (χ0) is 12.6. The van der Waals surface area contributed by atoms with E-state index < -0.39 is 0 Å². The van der Waals surface area contributed by atoms with E-state index in [1.165, 1.54) is 11.1 Å². The molecule has 4 nitrogen and oxygen atoms in total. The number of aromatic nitrogens is 3. The van der Waals surface area contributed by atoms with E-state index in [9.17, 15) is 0 Å². The molecule has 5 heteroatoms. The molecule has 0 aliphatic rings. The maximum Gasteiger partial charge on any atom is 0.153 e. The number of nitrogens with zero attached hydrogens (tertiary/aromatic N) is 3. The van der Waals surface area contributed by atoms with E-state index >= 15 is 0 Å². The van der Waals surface area contributed by atoms with Crippen molar-refractivity contribution in [1.29, 1.82) is 0 Å². The minimum atomic E-state index is -0.218. The highest BCUT2D eigenvalue weighted by atomic mass is 79.9. The summed E-state index contributed by atoms with van der Waals surface area (Å²) in [6.07, 6.45) is 0. The molecule has 0 fully saturated rings. The topological polar surface area (TPSA) is 56.7 Å². The van der Waals surface area contributed by atoms with Crippen LogP contribution in [-0.4, -0.2) is 15.0 Å². The molecule has 0 saturated heterocycles. The standard InChI is InChI=1S/C12H15BrN4/c1-7-4-5-9(8(2)6-7)10(14)11-12(13)15-16-17(11)3/h4-6,10H,14H2,1-3H3. The molecule has 2 rings (SSSR count). The van der Waals surface area contributed by atoms with Crippen molar-refractivity contribution in [2.45, 2.75) is 19.9 Å². The Morgan fingerprint density at radius 2 is 2.06 bits per heavy atom. The summed E-state index contributed by atoms with van der Waals surface area (Å²) in [6.45, 7) is 4.14. The van der Waals surface area contributed by atoms with Gasteiger partial charge in [-0.25, -0.2) is 4.68 Å². The number of benzene rings is 1. The highest BCUT2D eigenvalue weighted by Gasteiger charge is 2.19. The zero-order valence-electron chi connectivity index (χ0n) is 10.1. The molecule has 90 valence electrons. The third-order valence-electron chi connectivity index (χ3n) is 2.88. The summed E-state index contributed by atoms with van der Waals surface area (Å²) < 4.78 is 2.40. The summed E-state index contributed by atoms with van der Waals surface area (Å²) in [7, 11) is 1.84. The smallest absolute Gasteiger partial charge is 0.153 e. The first-order valence-electron chi connectivity index (χ1n) is 5.38. The Balaban J connectivity index is 2.47. The van der Waals surface area contributed by atoms with Crippen LogP contribution in [0.15, 0.2) is 22.8 Å². The van der Waals surface area contributed by atoms with E-state index in [0.29, 0.717) is 4.60 Å². The molecule has 0 amide bonds. The minimum Gasteiger partial charge on any atom is -0.319 e. The van der Waals surface area contributed by atoms with Gasteiger partial charge >= 0.3 is 0 Å². The van der Waals surface area contributed by atoms with Crippen molar-refractivity contribution in [3.8, 4) is 0 Å². The summed E-state index contributed by atoms with van der Waals surface area (Å²) in [6, 6.07) is 6.05. The van der Waals surface area contributed by atoms with Crippen LogP contribution in [0.3, 0.4) is 0 Å². The van der Waals surface area contributed by atoms with Gasteiger partial charge in [0, 0.05) is 7.05 Å². The van der Waals surface area contributed by atoms with Crippen molar-refractivity contribution in [2.24, 2.45) is 12.8 Å². The van der Waals surface area contributed by atoms with Gasteiger partial charge in [-0.3, -0.25) is 0 Å². The van der Waals surface area contributed by atoms with Crippen LogP contribution in [0.25, 0.3) is 0 Å². The van der Waals surface area contributed by atoms with Gasteiger partial charge in [0.15, 0.2) is 4.60 Å². The lowest BCUT2D eigenvalue weighted by molar-refractivity contribution is 0.649. The Labute approximate surface area is 109 Å². The second-order valence-corrected chi connectivity index (χ2v) is 4.98. The van der Waals surface area contributed by atoms with Crippen LogP contribution < -0.4 is 5.73 Å². The number of halogens is 1.